The summed E-state index contributed by atoms with van der Waals surface area (Å²) in [5.41, 5.74) is 6.38. The van der Waals surface area contributed by atoms with Crippen molar-refractivity contribution in [3.63, 3.8) is 0 Å². The predicted molar refractivity (Wildman–Crippen MR) is 60.8 cm³/mol. The third kappa shape index (κ3) is 2.26. The SMILES string of the molecule is NC(Cc1cccc(Cl)c1F)c1ccco1. The molecule has 1 aromatic heterocycles. The van der Waals surface area contributed by atoms with Crippen LogP contribution in [0.25, 0.3) is 0 Å². The maximum Gasteiger partial charge on any atom is 0.145 e. The van der Waals surface area contributed by atoms with Gasteiger partial charge in [-0.25, -0.2) is 4.39 Å². The van der Waals surface area contributed by atoms with E-state index in [9.17, 15) is 4.39 Å². The molecule has 1 unspecified atom stereocenters. The van der Waals surface area contributed by atoms with Crippen LogP contribution < -0.4 is 5.73 Å². The van der Waals surface area contributed by atoms with Gasteiger partial charge in [0.05, 0.1) is 17.3 Å². The first-order chi connectivity index (χ1) is 7.68. The zero-order chi connectivity index (χ0) is 11.5. The topological polar surface area (TPSA) is 39.2 Å². The molecule has 2 aromatic rings. The van der Waals surface area contributed by atoms with E-state index in [1.54, 1.807) is 30.5 Å². The maximum absolute atomic E-state index is 13.6. The lowest BCUT2D eigenvalue weighted by Crippen LogP contribution is -2.13. The highest BCUT2D eigenvalue weighted by molar-refractivity contribution is 6.30. The average Bonchev–Trinajstić information content (AvgIpc) is 2.78. The molecule has 2 N–H and O–H groups in total. The monoisotopic (exact) mass is 239 g/mol. The fourth-order valence-corrected chi connectivity index (χ4v) is 1.74. The highest BCUT2D eigenvalue weighted by atomic mass is 35.5. The molecule has 1 heterocycles. The van der Waals surface area contributed by atoms with Gasteiger partial charge in [0.15, 0.2) is 0 Å². The van der Waals surface area contributed by atoms with Gasteiger partial charge in [-0.1, -0.05) is 23.7 Å². The molecule has 84 valence electrons. The van der Waals surface area contributed by atoms with Gasteiger partial charge in [-0.15, -0.1) is 0 Å². The van der Waals surface area contributed by atoms with Crippen molar-refractivity contribution in [3.8, 4) is 0 Å². The summed E-state index contributed by atoms with van der Waals surface area (Å²) in [5, 5.41) is 0.115. The molecule has 0 radical (unpaired) electrons. The molecular weight excluding hydrogens is 229 g/mol. The van der Waals surface area contributed by atoms with Crippen LogP contribution in [-0.4, -0.2) is 0 Å². The molecule has 0 aliphatic carbocycles. The van der Waals surface area contributed by atoms with Crippen LogP contribution in [0.15, 0.2) is 41.0 Å². The van der Waals surface area contributed by atoms with E-state index in [0.717, 1.165) is 0 Å². The summed E-state index contributed by atoms with van der Waals surface area (Å²) >= 11 is 5.68. The number of furan rings is 1. The lowest BCUT2D eigenvalue weighted by atomic mass is 10.0. The van der Waals surface area contributed by atoms with Gasteiger partial charge < -0.3 is 10.2 Å². The zero-order valence-corrected chi connectivity index (χ0v) is 9.25. The Hall–Kier alpha value is -1.32. The lowest BCUT2D eigenvalue weighted by Gasteiger charge is -2.10. The third-order valence-corrected chi connectivity index (χ3v) is 2.67. The molecule has 2 rings (SSSR count). The molecule has 0 saturated carbocycles. The van der Waals surface area contributed by atoms with E-state index in [4.69, 9.17) is 21.8 Å². The molecule has 0 aliphatic rings. The van der Waals surface area contributed by atoms with Crippen molar-refractivity contribution < 1.29 is 8.81 Å². The van der Waals surface area contributed by atoms with Crippen LogP contribution in [0.3, 0.4) is 0 Å². The second-order valence-electron chi connectivity index (χ2n) is 3.54. The van der Waals surface area contributed by atoms with Crippen molar-refractivity contribution in [1.29, 1.82) is 0 Å². The molecule has 0 amide bonds. The molecule has 16 heavy (non-hydrogen) atoms. The lowest BCUT2D eigenvalue weighted by molar-refractivity contribution is 0.460. The molecule has 1 atom stereocenters. The molecule has 0 saturated heterocycles. The Bertz CT molecular complexity index is 470. The minimum atomic E-state index is -0.411. The Kier molecular flexibility index (Phi) is 3.27. The summed E-state index contributed by atoms with van der Waals surface area (Å²) in [6.45, 7) is 0. The fourth-order valence-electron chi connectivity index (χ4n) is 1.55. The zero-order valence-electron chi connectivity index (χ0n) is 8.49. The summed E-state index contributed by atoms with van der Waals surface area (Å²) in [6.07, 6.45) is 1.91. The quantitative estimate of drug-likeness (QED) is 0.893. The number of hydrogen-bond donors (Lipinski definition) is 1. The highest BCUT2D eigenvalue weighted by Gasteiger charge is 2.13. The van der Waals surface area contributed by atoms with Crippen LogP contribution in [0.2, 0.25) is 5.02 Å². The Balaban J connectivity index is 2.18. The smallest absolute Gasteiger partial charge is 0.145 e. The number of rotatable bonds is 3. The van der Waals surface area contributed by atoms with Crippen LogP contribution in [0.1, 0.15) is 17.4 Å². The molecule has 4 heteroatoms. The van der Waals surface area contributed by atoms with Crippen LogP contribution in [0, 0.1) is 5.82 Å². The first kappa shape index (κ1) is 11.2. The number of nitrogens with two attached hydrogens (primary N) is 1. The van der Waals surface area contributed by atoms with Crippen molar-refractivity contribution in [3.05, 3.63) is 58.8 Å². The summed E-state index contributed by atoms with van der Waals surface area (Å²) in [4.78, 5) is 0. The minimum absolute atomic E-state index is 0.115. The largest absolute Gasteiger partial charge is 0.468 e. The second kappa shape index (κ2) is 4.68. The normalized spacial score (nSPS) is 12.7. The van der Waals surface area contributed by atoms with Crippen molar-refractivity contribution >= 4 is 11.6 Å². The Labute approximate surface area is 97.8 Å². The van der Waals surface area contributed by atoms with Gasteiger partial charge in [-0.2, -0.15) is 0 Å². The predicted octanol–water partition coefficient (Wildman–Crippen LogP) is 3.31. The minimum Gasteiger partial charge on any atom is -0.468 e. The molecular formula is C12H11ClFNO. The van der Waals surface area contributed by atoms with Gasteiger partial charge in [-0.05, 0) is 30.2 Å². The number of hydrogen-bond acceptors (Lipinski definition) is 2. The van der Waals surface area contributed by atoms with Crippen LogP contribution in [-0.2, 0) is 6.42 Å². The van der Waals surface area contributed by atoms with Gasteiger partial charge in [0.1, 0.15) is 11.6 Å². The van der Waals surface area contributed by atoms with Crippen LogP contribution in [0.4, 0.5) is 4.39 Å². The van der Waals surface area contributed by atoms with Gasteiger partial charge in [0, 0.05) is 0 Å². The average molecular weight is 240 g/mol. The van der Waals surface area contributed by atoms with Crippen molar-refractivity contribution in [1.82, 2.24) is 0 Å². The van der Waals surface area contributed by atoms with E-state index in [-0.39, 0.29) is 11.1 Å². The van der Waals surface area contributed by atoms with Gasteiger partial charge in [0.2, 0.25) is 0 Å². The second-order valence-corrected chi connectivity index (χ2v) is 3.95. The fraction of sp³-hybridized carbons (Fsp3) is 0.167. The first-order valence-electron chi connectivity index (χ1n) is 4.90. The number of halogens is 2. The summed E-state index contributed by atoms with van der Waals surface area (Å²) in [7, 11) is 0. The van der Waals surface area contributed by atoms with Crippen LogP contribution >= 0.6 is 11.6 Å². The van der Waals surface area contributed by atoms with Gasteiger partial charge in [-0.3, -0.25) is 0 Å². The molecule has 0 fully saturated rings. The highest BCUT2D eigenvalue weighted by Crippen LogP contribution is 2.22. The van der Waals surface area contributed by atoms with Gasteiger partial charge >= 0.3 is 0 Å². The molecule has 0 bridgehead atoms. The Morgan fingerprint density at radius 3 is 2.81 bits per heavy atom. The summed E-state index contributed by atoms with van der Waals surface area (Å²) in [6, 6.07) is 8.05. The first-order valence-corrected chi connectivity index (χ1v) is 5.28. The van der Waals surface area contributed by atoms with Crippen molar-refractivity contribution in [2.75, 3.05) is 0 Å². The standard InChI is InChI=1S/C12H11ClFNO/c13-9-4-1-3-8(12(9)14)7-10(15)11-5-2-6-16-11/h1-6,10H,7,15H2. The molecule has 0 spiro atoms. The summed E-state index contributed by atoms with van der Waals surface area (Å²) < 4.78 is 18.7. The summed E-state index contributed by atoms with van der Waals surface area (Å²) in [5.74, 6) is 0.227. The molecule has 2 nitrogen and oxygen atoms in total. The van der Waals surface area contributed by atoms with E-state index >= 15 is 0 Å². The van der Waals surface area contributed by atoms with E-state index in [0.29, 0.717) is 17.7 Å². The van der Waals surface area contributed by atoms with Crippen molar-refractivity contribution in [2.24, 2.45) is 5.73 Å². The third-order valence-electron chi connectivity index (χ3n) is 2.38. The number of benzene rings is 1. The van der Waals surface area contributed by atoms with Gasteiger partial charge in [0.25, 0.3) is 0 Å². The molecule has 0 aliphatic heterocycles. The van der Waals surface area contributed by atoms with E-state index in [1.165, 1.54) is 6.07 Å². The van der Waals surface area contributed by atoms with E-state index in [1.807, 2.05) is 0 Å². The van der Waals surface area contributed by atoms with E-state index in [2.05, 4.69) is 0 Å². The van der Waals surface area contributed by atoms with Crippen LogP contribution in [0.5, 0.6) is 0 Å². The Morgan fingerprint density at radius 1 is 1.31 bits per heavy atom. The maximum atomic E-state index is 13.6. The van der Waals surface area contributed by atoms with E-state index < -0.39 is 5.82 Å². The Morgan fingerprint density at radius 2 is 2.12 bits per heavy atom. The van der Waals surface area contributed by atoms with Crippen molar-refractivity contribution in [2.45, 2.75) is 12.5 Å². The molecule has 1 aromatic carbocycles.